The second-order valence-electron chi connectivity index (χ2n) is 8.52. The number of fused-ring (bicyclic) bond motifs is 1. The summed E-state index contributed by atoms with van der Waals surface area (Å²) in [7, 11) is -3.84. The highest BCUT2D eigenvalue weighted by Crippen LogP contribution is 2.36. The molecular weight excluding hydrogens is 442 g/mol. The van der Waals surface area contributed by atoms with Crippen molar-refractivity contribution in [3.63, 3.8) is 0 Å². The van der Waals surface area contributed by atoms with Crippen molar-refractivity contribution in [2.75, 3.05) is 18.4 Å². The van der Waals surface area contributed by atoms with Gasteiger partial charge in [0.15, 0.2) is 6.10 Å². The Balaban J connectivity index is 1.50. The standard InChI is InChI=1S/C24H29N3O5S/c1-3-20-24(29)26-19-12-16(2)22(13-21(19)32-20)33(30,31)27-11-7-10-18(15-27)23(28)25-14-17-8-5-4-6-9-17/h4-6,8-9,12-13,18,20H,3,7,10-11,14-15H2,1-2H3,(H,25,28)(H,26,29). The topological polar surface area (TPSA) is 105 Å². The molecule has 176 valence electrons. The summed E-state index contributed by atoms with van der Waals surface area (Å²) >= 11 is 0. The van der Waals surface area contributed by atoms with Gasteiger partial charge in [-0.05, 0) is 43.4 Å². The quantitative estimate of drug-likeness (QED) is 0.674. The fourth-order valence-electron chi connectivity index (χ4n) is 4.27. The number of hydrogen-bond donors (Lipinski definition) is 2. The Bertz CT molecular complexity index is 1150. The highest BCUT2D eigenvalue weighted by atomic mass is 32.2. The third kappa shape index (κ3) is 4.89. The van der Waals surface area contributed by atoms with Crippen molar-refractivity contribution < 1.29 is 22.7 Å². The molecule has 0 aliphatic carbocycles. The smallest absolute Gasteiger partial charge is 0.265 e. The van der Waals surface area contributed by atoms with Gasteiger partial charge in [-0.1, -0.05) is 37.3 Å². The zero-order valence-electron chi connectivity index (χ0n) is 18.8. The van der Waals surface area contributed by atoms with Gasteiger partial charge in [0.2, 0.25) is 15.9 Å². The van der Waals surface area contributed by atoms with Gasteiger partial charge in [-0.3, -0.25) is 9.59 Å². The van der Waals surface area contributed by atoms with Crippen LogP contribution in [-0.2, 0) is 26.2 Å². The Hall–Kier alpha value is -2.91. The van der Waals surface area contributed by atoms with E-state index < -0.39 is 22.0 Å². The molecule has 2 N–H and O–H groups in total. The molecule has 2 aromatic rings. The van der Waals surface area contributed by atoms with Gasteiger partial charge in [-0.15, -0.1) is 0 Å². The molecule has 33 heavy (non-hydrogen) atoms. The van der Waals surface area contributed by atoms with Gasteiger partial charge in [0.1, 0.15) is 5.75 Å². The van der Waals surface area contributed by atoms with Crippen molar-refractivity contribution in [1.29, 1.82) is 0 Å². The normalized spacial score (nSPS) is 21.0. The number of hydrogen-bond acceptors (Lipinski definition) is 5. The molecule has 2 atom stereocenters. The van der Waals surface area contributed by atoms with Crippen molar-refractivity contribution in [1.82, 2.24) is 9.62 Å². The van der Waals surface area contributed by atoms with Crippen molar-refractivity contribution in [2.24, 2.45) is 5.92 Å². The van der Waals surface area contributed by atoms with Crippen LogP contribution in [0.5, 0.6) is 5.75 Å². The molecular formula is C24H29N3O5S. The molecule has 0 saturated carbocycles. The fraction of sp³-hybridized carbons (Fsp3) is 0.417. The van der Waals surface area contributed by atoms with E-state index in [-0.39, 0.29) is 23.3 Å². The zero-order chi connectivity index (χ0) is 23.6. The molecule has 0 radical (unpaired) electrons. The summed E-state index contributed by atoms with van der Waals surface area (Å²) in [5.74, 6) is -0.437. The van der Waals surface area contributed by atoms with Gasteiger partial charge in [0.25, 0.3) is 5.91 Å². The van der Waals surface area contributed by atoms with Crippen LogP contribution in [0, 0.1) is 12.8 Å². The number of nitrogens with zero attached hydrogens (tertiary/aromatic N) is 1. The van der Waals surface area contributed by atoms with Crippen LogP contribution in [-0.4, -0.2) is 43.7 Å². The molecule has 2 aliphatic rings. The molecule has 9 heteroatoms. The number of rotatable bonds is 6. The molecule has 2 unspecified atom stereocenters. The van der Waals surface area contributed by atoms with Crippen LogP contribution in [0.2, 0.25) is 0 Å². The Morgan fingerprint density at radius 3 is 2.73 bits per heavy atom. The zero-order valence-corrected chi connectivity index (χ0v) is 19.7. The minimum absolute atomic E-state index is 0.134. The molecule has 2 aromatic carbocycles. The third-order valence-corrected chi connectivity index (χ3v) is 8.16. The fourth-order valence-corrected chi connectivity index (χ4v) is 6.02. The maximum Gasteiger partial charge on any atom is 0.265 e. The van der Waals surface area contributed by atoms with Gasteiger partial charge >= 0.3 is 0 Å². The van der Waals surface area contributed by atoms with Gasteiger partial charge in [0, 0.05) is 25.7 Å². The number of piperidine rings is 1. The first-order valence-corrected chi connectivity index (χ1v) is 12.7. The molecule has 0 bridgehead atoms. The summed E-state index contributed by atoms with van der Waals surface area (Å²) in [6.07, 6.45) is 1.08. The summed E-state index contributed by atoms with van der Waals surface area (Å²) in [5.41, 5.74) is 1.98. The predicted molar refractivity (Wildman–Crippen MR) is 124 cm³/mol. The summed E-state index contributed by atoms with van der Waals surface area (Å²) in [4.78, 5) is 25.0. The van der Waals surface area contributed by atoms with Gasteiger partial charge in [-0.25, -0.2) is 8.42 Å². The van der Waals surface area contributed by atoms with E-state index in [9.17, 15) is 18.0 Å². The third-order valence-electron chi connectivity index (χ3n) is 6.15. The van der Waals surface area contributed by atoms with Crippen LogP contribution >= 0.6 is 0 Å². The highest BCUT2D eigenvalue weighted by Gasteiger charge is 2.35. The van der Waals surface area contributed by atoms with Crippen LogP contribution in [0.25, 0.3) is 0 Å². The minimum Gasteiger partial charge on any atom is -0.478 e. The van der Waals surface area contributed by atoms with Crippen LogP contribution in [0.15, 0.2) is 47.4 Å². The molecule has 1 fully saturated rings. The number of ether oxygens (including phenoxy) is 1. The van der Waals surface area contributed by atoms with E-state index in [2.05, 4.69) is 10.6 Å². The number of benzene rings is 2. The van der Waals surface area contributed by atoms with Gasteiger partial charge < -0.3 is 15.4 Å². The lowest BCUT2D eigenvalue weighted by Gasteiger charge is -2.32. The second-order valence-corrected chi connectivity index (χ2v) is 10.4. The van der Waals surface area contributed by atoms with Crippen molar-refractivity contribution >= 4 is 27.5 Å². The van der Waals surface area contributed by atoms with E-state index in [0.717, 1.165) is 5.56 Å². The second kappa shape index (κ2) is 9.52. The maximum absolute atomic E-state index is 13.5. The minimum atomic E-state index is -3.84. The first-order chi connectivity index (χ1) is 15.8. The molecule has 2 amide bonds. The van der Waals surface area contributed by atoms with E-state index in [4.69, 9.17) is 4.74 Å². The number of amides is 2. The van der Waals surface area contributed by atoms with Gasteiger partial charge in [0.05, 0.1) is 16.5 Å². The van der Waals surface area contributed by atoms with Crippen LogP contribution in [0.4, 0.5) is 5.69 Å². The Morgan fingerprint density at radius 2 is 2.00 bits per heavy atom. The first-order valence-electron chi connectivity index (χ1n) is 11.2. The molecule has 0 spiro atoms. The van der Waals surface area contributed by atoms with E-state index in [1.807, 2.05) is 37.3 Å². The summed E-state index contributed by atoms with van der Waals surface area (Å²) in [5, 5.41) is 5.71. The van der Waals surface area contributed by atoms with Crippen molar-refractivity contribution in [2.45, 2.75) is 50.7 Å². The lowest BCUT2D eigenvalue weighted by atomic mass is 9.99. The average Bonchev–Trinajstić information content (AvgIpc) is 2.82. The first kappa shape index (κ1) is 23.3. The molecule has 8 nitrogen and oxygen atoms in total. The van der Waals surface area contributed by atoms with Crippen molar-refractivity contribution in [3.8, 4) is 5.75 Å². The molecule has 4 rings (SSSR count). The predicted octanol–water partition coefficient (Wildman–Crippen LogP) is 2.82. The average molecular weight is 472 g/mol. The number of sulfonamides is 1. The largest absolute Gasteiger partial charge is 0.478 e. The molecule has 1 saturated heterocycles. The summed E-state index contributed by atoms with van der Waals surface area (Å²) < 4.78 is 34.1. The van der Waals surface area contributed by atoms with Gasteiger partial charge in [-0.2, -0.15) is 4.31 Å². The van der Waals surface area contributed by atoms with Crippen molar-refractivity contribution in [3.05, 3.63) is 53.6 Å². The Kier molecular flexibility index (Phi) is 6.71. The number of anilines is 1. The number of nitrogens with one attached hydrogen (secondary N) is 2. The molecule has 0 aromatic heterocycles. The number of carbonyl (C=O) groups excluding carboxylic acids is 2. The van der Waals surface area contributed by atoms with Crippen LogP contribution in [0.3, 0.4) is 0 Å². The SMILES string of the molecule is CCC1Oc2cc(S(=O)(=O)N3CCCC(C(=O)NCc4ccccc4)C3)c(C)cc2NC1=O. The highest BCUT2D eigenvalue weighted by molar-refractivity contribution is 7.89. The van der Waals surface area contributed by atoms with E-state index in [1.54, 1.807) is 13.0 Å². The monoisotopic (exact) mass is 471 g/mol. The molecule has 2 aliphatic heterocycles. The van der Waals surface area contributed by atoms with Crippen LogP contribution in [0.1, 0.15) is 37.3 Å². The number of aryl methyl sites for hydroxylation is 1. The Morgan fingerprint density at radius 1 is 1.24 bits per heavy atom. The number of carbonyl (C=O) groups is 2. The Labute approximate surface area is 194 Å². The van der Waals surface area contributed by atoms with E-state index in [0.29, 0.717) is 49.4 Å². The van der Waals surface area contributed by atoms with E-state index >= 15 is 0 Å². The summed E-state index contributed by atoms with van der Waals surface area (Å²) in [6, 6.07) is 12.7. The lowest BCUT2D eigenvalue weighted by molar-refractivity contribution is -0.126. The van der Waals surface area contributed by atoms with Crippen LogP contribution < -0.4 is 15.4 Å². The lowest BCUT2D eigenvalue weighted by Crippen LogP contribution is -2.45. The summed E-state index contributed by atoms with van der Waals surface area (Å²) in [6.45, 7) is 4.43. The maximum atomic E-state index is 13.5. The van der Waals surface area contributed by atoms with E-state index in [1.165, 1.54) is 10.4 Å². The molecule has 2 heterocycles.